The van der Waals surface area contributed by atoms with E-state index in [1.807, 2.05) is 18.2 Å². The van der Waals surface area contributed by atoms with Crippen LogP contribution in [0.15, 0.2) is 18.2 Å². The third-order valence-electron chi connectivity index (χ3n) is 4.36. The number of halogens is 2. The molecule has 1 aliphatic heterocycles. The second-order valence-corrected chi connectivity index (χ2v) is 6.60. The zero-order valence-corrected chi connectivity index (χ0v) is 12.1. The summed E-state index contributed by atoms with van der Waals surface area (Å²) >= 11 is 12.4. The minimum atomic E-state index is 0.129. The van der Waals surface area contributed by atoms with Crippen LogP contribution in [0.2, 0.25) is 10.0 Å². The molecule has 0 bridgehead atoms. The summed E-state index contributed by atoms with van der Waals surface area (Å²) in [6.45, 7) is 5.34. The van der Waals surface area contributed by atoms with Crippen LogP contribution >= 0.6 is 23.2 Å². The molecule has 1 aromatic carbocycles. The van der Waals surface area contributed by atoms with Gasteiger partial charge < -0.3 is 10.1 Å². The Labute approximate surface area is 118 Å². The van der Waals surface area contributed by atoms with E-state index in [9.17, 15) is 0 Å². The van der Waals surface area contributed by atoms with E-state index in [0.29, 0.717) is 28.1 Å². The zero-order chi connectivity index (χ0) is 12.9. The molecule has 0 radical (unpaired) electrons. The molecule has 1 saturated carbocycles. The fourth-order valence-corrected chi connectivity index (χ4v) is 3.92. The molecule has 1 saturated heterocycles. The van der Waals surface area contributed by atoms with Gasteiger partial charge in [0.1, 0.15) is 0 Å². The Kier molecular flexibility index (Phi) is 3.00. The standard InChI is InChI=1S/C14H17Cl2NO/c1-14(2)12(8-6-7-18-13(8)14)17-11-9(15)4-3-5-10(11)16/h3-5,8,12-13,17H,6-7H2,1-2H3. The Bertz CT molecular complexity index is 455. The molecule has 2 aliphatic rings. The fourth-order valence-electron chi connectivity index (χ4n) is 3.41. The molecule has 1 N–H and O–H groups in total. The molecule has 18 heavy (non-hydrogen) atoms. The van der Waals surface area contributed by atoms with E-state index in [1.165, 1.54) is 0 Å². The zero-order valence-electron chi connectivity index (χ0n) is 10.5. The topological polar surface area (TPSA) is 21.3 Å². The first-order valence-corrected chi connectivity index (χ1v) is 7.09. The van der Waals surface area contributed by atoms with Crippen LogP contribution in [0.3, 0.4) is 0 Å². The average molecular weight is 286 g/mol. The van der Waals surface area contributed by atoms with Gasteiger partial charge in [0.15, 0.2) is 0 Å². The second kappa shape index (κ2) is 4.29. The first-order valence-electron chi connectivity index (χ1n) is 6.34. The lowest BCUT2D eigenvalue weighted by molar-refractivity contribution is -0.0923. The quantitative estimate of drug-likeness (QED) is 0.879. The number of hydrogen-bond donors (Lipinski definition) is 1. The van der Waals surface area contributed by atoms with Gasteiger partial charge in [-0.2, -0.15) is 0 Å². The van der Waals surface area contributed by atoms with Gasteiger partial charge in [0, 0.05) is 24.0 Å². The molecule has 3 unspecified atom stereocenters. The molecular formula is C14H17Cl2NO. The van der Waals surface area contributed by atoms with Crippen LogP contribution in [0.5, 0.6) is 0 Å². The van der Waals surface area contributed by atoms with Crippen LogP contribution < -0.4 is 5.32 Å². The summed E-state index contributed by atoms with van der Waals surface area (Å²) in [5, 5.41) is 4.90. The van der Waals surface area contributed by atoms with Crippen molar-refractivity contribution in [3.8, 4) is 0 Å². The van der Waals surface area contributed by atoms with Crippen LogP contribution in [0.4, 0.5) is 5.69 Å². The van der Waals surface area contributed by atoms with Gasteiger partial charge >= 0.3 is 0 Å². The highest BCUT2D eigenvalue weighted by molar-refractivity contribution is 6.39. The van der Waals surface area contributed by atoms with Crippen molar-refractivity contribution < 1.29 is 4.74 Å². The van der Waals surface area contributed by atoms with Crippen LogP contribution in [-0.2, 0) is 4.74 Å². The van der Waals surface area contributed by atoms with Gasteiger partial charge in [0.25, 0.3) is 0 Å². The highest BCUT2D eigenvalue weighted by Gasteiger charge is 2.59. The third-order valence-corrected chi connectivity index (χ3v) is 4.99. The molecule has 3 rings (SSSR count). The minimum absolute atomic E-state index is 0.129. The maximum Gasteiger partial charge on any atom is 0.0721 e. The Morgan fingerprint density at radius 1 is 1.28 bits per heavy atom. The molecular weight excluding hydrogens is 269 g/mol. The Morgan fingerprint density at radius 2 is 1.94 bits per heavy atom. The summed E-state index contributed by atoms with van der Waals surface area (Å²) in [6.07, 6.45) is 1.49. The molecule has 0 aromatic heterocycles. The number of fused-ring (bicyclic) bond motifs is 1. The van der Waals surface area contributed by atoms with E-state index in [4.69, 9.17) is 27.9 Å². The molecule has 1 aromatic rings. The van der Waals surface area contributed by atoms with Crippen molar-refractivity contribution in [3.05, 3.63) is 28.2 Å². The van der Waals surface area contributed by atoms with E-state index in [1.54, 1.807) is 0 Å². The number of benzene rings is 1. The highest BCUT2D eigenvalue weighted by Crippen LogP contribution is 2.53. The van der Waals surface area contributed by atoms with Gasteiger partial charge in [-0.05, 0) is 18.6 Å². The van der Waals surface area contributed by atoms with E-state index in [-0.39, 0.29) is 5.41 Å². The molecule has 0 amide bonds. The predicted octanol–water partition coefficient (Wildman–Crippen LogP) is 4.22. The number of rotatable bonds is 2. The fraction of sp³-hybridized carbons (Fsp3) is 0.571. The SMILES string of the molecule is CC1(C)C(Nc2c(Cl)cccc2Cl)C2CCOC21. The van der Waals surface area contributed by atoms with Crippen molar-refractivity contribution in [3.63, 3.8) is 0 Å². The highest BCUT2D eigenvalue weighted by atomic mass is 35.5. The molecule has 2 nitrogen and oxygen atoms in total. The second-order valence-electron chi connectivity index (χ2n) is 5.78. The lowest BCUT2D eigenvalue weighted by atomic mass is 9.57. The van der Waals surface area contributed by atoms with Gasteiger partial charge in [-0.25, -0.2) is 0 Å². The van der Waals surface area contributed by atoms with Crippen molar-refractivity contribution in [1.82, 2.24) is 0 Å². The first-order chi connectivity index (χ1) is 8.51. The predicted molar refractivity (Wildman–Crippen MR) is 75.5 cm³/mol. The molecule has 1 aliphatic carbocycles. The van der Waals surface area contributed by atoms with Crippen molar-refractivity contribution in [2.75, 3.05) is 11.9 Å². The van der Waals surface area contributed by atoms with Crippen molar-refractivity contribution in [1.29, 1.82) is 0 Å². The number of ether oxygens (including phenoxy) is 1. The lowest BCUT2D eigenvalue weighted by Crippen LogP contribution is -2.63. The third kappa shape index (κ3) is 1.74. The monoisotopic (exact) mass is 285 g/mol. The van der Waals surface area contributed by atoms with Gasteiger partial charge in [-0.15, -0.1) is 0 Å². The number of hydrogen-bond acceptors (Lipinski definition) is 2. The van der Waals surface area contributed by atoms with Gasteiger partial charge in [0.05, 0.1) is 21.8 Å². The largest absolute Gasteiger partial charge is 0.379 e. The summed E-state index contributed by atoms with van der Waals surface area (Å²) < 4.78 is 5.79. The summed E-state index contributed by atoms with van der Waals surface area (Å²) in [7, 11) is 0. The van der Waals surface area contributed by atoms with Crippen molar-refractivity contribution >= 4 is 28.9 Å². The maximum atomic E-state index is 6.21. The van der Waals surface area contributed by atoms with Crippen LogP contribution in [0.25, 0.3) is 0 Å². The summed E-state index contributed by atoms with van der Waals surface area (Å²) in [5.41, 5.74) is 0.980. The van der Waals surface area contributed by atoms with E-state index >= 15 is 0 Å². The van der Waals surface area contributed by atoms with E-state index < -0.39 is 0 Å². The minimum Gasteiger partial charge on any atom is -0.379 e. The van der Waals surface area contributed by atoms with Crippen molar-refractivity contribution in [2.45, 2.75) is 32.4 Å². The normalized spacial score (nSPS) is 32.8. The molecule has 4 heteroatoms. The van der Waals surface area contributed by atoms with Crippen LogP contribution in [0.1, 0.15) is 20.3 Å². The van der Waals surface area contributed by atoms with E-state index in [0.717, 1.165) is 18.7 Å². The van der Waals surface area contributed by atoms with E-state index in [2.05, 4.69) is 19.2 Å². The van der Waals surface area contributed by atoms with Crippen molar-refractivity contribution in [2.24, 2.45) is 11.3 Å². The number of para-hydroxylation sites is 1. The van der Waals surface area contributed by atoms with Crippen LogP contribution in [-0.4, -0.2) is 18.8 Å². The average Bonchev–Trinajstić information content (AvgIpc) is 2.75. The van der Waals surface area contributed by atoms with Gasteiger partial charge in [-0.1, -0.05) is 43.1 Å². The van der Waals surface area contributed by atoms with Gasteiger partial charge in [-0.3, -0.25) is 0 Å². The van der Waals surface area contributed by atoms with Crippen LogP contribution in [0, 0.1) is 11.3 Å². The molecule has 2 fully saturated rings. The summed E-state index contributed by atoms with van der Waals surface area (Å²) in [4.78, 5) is 0. The Hall–Kier alpha value is -0.440. The Morgan fingerprint density at radius 3 is 2.61 bits per heavy atom. The summed E-state index contributed by atoms with van der Waals surface area (Å²) in [5.74, 6) is 0.576. The lowest BCUT2D eigenvalue weighted by Gasteiger charge is -2.55. The molecule has 1 heterocycles. The number of nitrogens with one attached hydrogen (secondary N) is 1. The smallest absolute Gasteiger partial charge is 0.0721 e. The molecule has 0 spiro atoms. The summed E-state index contributed by atoms with van der Waals surface area (Å²) in [6, 6.07) is 5.97. The Balaban J connectivity index is 1.85. The molecule has 3 atom stereocenters. The maximum absolute atomic E-state index is 6.21. The first kappa shape index (κ1) is 12.6. The molecule has 98 valence electrons. The number of anilines is 1. The van der Waals surface area contributed by atoms with Gasteiger partial charge in [0.2, 0.25) is 0 Å².